The van der Waals surface area contributed by atoms with Crippen LogP contribution in [0.15, 0.2) is 65.4 Å². The van der Waals surface area contributed by atoms with Crippen LogP contribution in [0.3, 0.4) is 0 Å². The normalized spacial score (nSPS) is 32.5. The quantitative estimate of drug-likeness (QED) is 0.267. The van der Waals surface area contributed by atoms with Gasteiger partial charge in [0.05, 0.1) is 23.5 Å². The Morgan fingerprint density at radius 2 is 2.06 bits per heavy atom. The van der Waals surface area contributed by atoms with Gasteiger partial charge in [0.25, 0.3) is 0 Å². The van der Waals surface area contributed by atoms with E-state index in [2.05, 4.69) is 24.7 Å². The highest BCUT2D eigenvalue weighted by Gasteiger charge is 2.56. The van der Waals surface area contributed by atoms with Gasteiger partial charge in [0, 0.05) is 16.4 Å². The Labute approximate surface area is 205 Å². The Hall–Kier alpha value is -2.70. The Balaban J connectivity index is 1.58. The fraction of sp³-hybridized carbons (Fsp3) is 0.444. The van der Waals surface area contributed by atoms with E-state index in [9.17, 15) is 14.7 Å². The van der Waals surface area contributed by atoms with Crippen molar-refractivity contribution in [3.8, 4) is 0 Å². The number of carbonyl (C=O) groups excluding carboxylic acids is 2. The largest absolute Gasteiger partial charge is 0.458 e. The molecule has 4 atom stereocenters. The number of aliphatic hydroxyl groups excluding tert-OH is 1. The molecule has 1 N–H and O–H groups in total. The van der Waals surface area contributed by atoms with Crippen molar-refractivity contribution < 1.29 is 24.3 Å². The predicted octanol–water partition coefficient (Wildman–Crippen LogP) is 5.27. The molecule has 2 saturated carbocycles. The maximum Gasteiger partial charge on any atom is 0.365 e. The Morgan fingerprint density at radius 3 is 2.71 bits per heavy atom. The van der Waals surface area contributed by atoms with Gasteiger partial charge in [-0.05, 0) is 67.4 Å². The molecule has 2 fully saturated rings. The molecule has 1 aromatic rings. The molecule has 2 aliphatic carbocycles. The van der Waals surface area contributed by atoms with Crippen molar-refractivity contribution >= 4 is 29.3 Å². The van der Waals surface area contributed by atoms with Crippen molar-refractivity contribution in [1.82, 2.24) is 0 Å². The first-order valence-electron chi connectivity index (χ1n) is 11.6. The third-order valence-corrected chi connectivity index (χ3v) is 8.15. The summed E-state index contributed by atoms with van der Waals surface area (Å²) in [7, 11) is 0. The van der Waals surface area contributed by atoms with Gasteiger partial charge in [-0.25, -0.2) is 9.59 Å². The minimum Gasteiger partial charge on any atom is -0.458 e. The summed E-state index contributed by atoms with van der Waals surface area (Å²) >= 11 is 5.89. The second kappa shape index (κ2) is 9.51. The van der Waals surface area contributed by atoms with Crippen LogP contribution >= 0.6 is 11.6 Å². The van der Waals surface area contributed by atoms with Crippen molar-refractivity contribution in [1.29, 1.82) is 0 Å². The molecule has 4 rings (SSSR count). The van der Waals surface area contributed by atoms with Gasteiger partial charge in [0.15, 0.2) is 0 Å². The fourth-order valence-electron chi connectivity index (χ4n) is 5.90. The predicted molar refractivity (Wildman–Crippen MR) is 130 cm³/mol. The van der Waals surface area contributed by atoms with Gasteiger partial charge >= 0.3 is 11.9 Å². The maximum atomic E-state index is 12.5. The minimum absolute atomic E-state index is 0.0459. The average Bonchev–Trinajstić information content (AvgIpc) is 3.23. The number of fused-ring (bicyclic) bond motifs is 1. The van der Waals surface area contributed by atoms with E-state index >= 15 is 0 Å². The first-order valence-corrected chi connectivity index (χ1v) is 11.9. The standard InChI is InChI=1S/C27H30ClNO5/c1-17-4-11-22-26(2,21(17)10-7-19-13-15-33-24(19)31)14-12-23(27(22,3)16-30)29-34-25(32)18-5-8-20(28)9-6-18/h5-10,13,21-22,30H,1,4,11-12,14-16H2,2-3H3/b10-7+,29-23-/t21-,22+,26+,27+/m1/s1. The van der Waals surface area contributed by atoms with Gasteiger partial charge < -0.3 is 14.7 Å². The lowest BCUT2D eigenvalue weighted by Gasteiger charge is -2.57. The zero-order valence-electron chi connectivity index (χ0n) is 19.6. The number of benzene rings is 1. The smallest absolute Gasteiger partial charge is 0.365 e. The van der Waals surface area contributed by atoms with E-state index < -0.39 is 11.4 Å². The summed E-state index contributed by atoms with van der Waals surface area (Å²) in [5, 5.41) is 15.3. The third-order valence-electron chi connectivity index (χ3n) is 7.90. The highest BCUT2D eigenvalue weighted by atomic mass is 35.5. The van der Waals surface area contributed by atoms with Gasteiger partial charge in [-0.2, -0.15) is 0 Å². The Kier molecular flexibility index (Phi) is 6.83. The molecule has 6 nitrogen and oxygen atoms in total. The van der Waals surface area contributed by atoms with E-state index in [1.807, 2.05) is 13.0 Å². The maximum absolute atomic E-state index is 12.5. The minimum atomic E-state index is -0.647. The van der Waals surface area contributed by atoms with Gasteiger partial charge in [-0.3, -0.25) is 0 Å². The van der Waals surface area contributed by atoms with E-state index in [4.69, 9.17) is 21.2 Å². The molecule has 1 aromatic carbocycles. The van der Waals surface area contributed by atoms with Crippen molar-refractivity contribution in [2.75, 3.05) is 13.2 Å². The molecular weight excluding hydrogens is 454 g/mol. The SMILES string of the molecule is C=C1CC[C@H]2[C@@](C)(CC/C(=N/OC(=O)c3ccc(Cl)cc3)[C@@]2(C)CO)[C@@H]1/C=C/C1=CCOC1=O. The van der Waals surface area contributed by atoms with E-state index in [0.717, 1.165) is 24.8 Å². The van der Waals surface area contributed by atoms with Crippen LogP contribution in [-0.4, -0.2) is 36.0 Å². The van der Waals surface area contributed by atoms with Crippen molar-refractivity contribution in [2.24, 2.45) is 27.8 Å². The van der Waals surface area contributed by atoms with Crippen LogP contribution in [0.25, 0.3) is 0 Å². The lowest BCUT2D eigenvalue weighted by molar-refractivity contribution is -0.135. The number of allylic oxidation sites excluding steroid dienone is 2. The van der Waals surface area contributed by atoms with Crippen LogP contribution in [0.1, 0.15) is 49.9 Å². The molecule has 180 valence electrons. The summed E-state index contributed by atoms with van der Waals surface area (Å²) < 4.78 is 5.01. The Morgan fingerprint density at radius 1 is 1.32 bits per heavy atom. The molecule has 0 radical (unpaired) electrons. The summed E-state index contributed by atoms with van der Waals surface area (Å²) in [5.41, 5.74) is 1.90. The number of cyclic esters (lactones) is 1. The van der Waals surface area contributed by atoms with Gasteiger partial charge in [-0.15, -0.1) is 0 Å². The summed E-state index contributed by atoms with van der Waals surface area (Å²) in [6.07, 6.45) is 8.73. The topological polar surface area (TPSA) is 85.2 Å². The molecule has 34 heavy (non-hydrogen) atoms. The number of rotatable bonds is 5. The average molecular weight is 484 g/mol. The summed E-state index contributed by atoms with van der Waals surface area (Å²) in [5.74, 6) is -0.728. The molecule has 1 heterocycles. The Bertz CT molecular complexity index is 1090. The number of hydrogen-bond acceptors (Lipinski definition) is 6. The van der Waals surface area contributed by atoms with Crippen molar-refractivity contribution in [3.63, 3.8) is 0 Å². The first kappa shape index (κ1) is 24.4. The summed E-state index contributed by atoms with van der Waals surface area (Å²) in [4.78, 5) is 29.6. The van der Waals surface area contributed by atoms with Crippen LogP contribution in [0.5, 0.6) is 0 Å². The number of ether oxygens (including phenoxy) is 1. The number of nitrogens with zero attached hydrogens (tertiary/aromatic N) is 1. The van der Waals surface area contributed by atoms with Gasteiger partial charge in [-0.1, -0.05) is 54.9 Å². The van der Waals surface area contributed by atoms with E-state index in [1.165, 1.54) is 0 Å². The number of aliphatic hydroxyl groups is 1. The second-order valence-electron chi connectivity index (χ2n) is 9.85. The van der Waals surface area contributed by atoms with Gasteiger partial charge in [0.2, 0.25) is 0 Å². The molecular formula is C27H30ClNO5. The zero-order chi connectivity index (χ0) is 24.5. The van der Waals surface area contributed by atoms with Crippen LogP contribution in [-0.2, 0) is 14.4 Å². The van der Waals surface area contributed by atoms with Gasteiger partial charge in [0.1, 0.15) is 6.61 Å². The molecule has 0 aromatic heterocycles. The van der Waals surface area contributed by atoms with Crippen LogP contribution < -0.4 is 0 Å². The summed E-state index contributed by atoms with van der Waals surface area (Å²) in [6, 6.07) is 6.43. The van der Waals surface area contributed by atoms with E-state index in [0.29, 0.717) is 34.9 Å². The van der Waals surface area contributed by atoms with E-state index in [1.54, 1.807) is 30.3 Å². The summed E-state index contributed by atoms with van der Waals surface area (Å²) in [6.45, 7) is 8.75. The monoisotopic (exact) mass is 483 g/mol. The lowest BCUT2D eigenvalue weighted by Crippen LogP contribution is -2.55. The molecule has 1 aliphatic heterocycles. The molecule has 3 aliphatic rings. The molecule has 0 spiro atoms. The number of esters is 1. The van der Waals surface area contributed by atoms with Crippen molar-refractivity contribution in [3.05, 3.63) is 70.8 Å². The number of hydrogen-bond donors (Lipinski definition) is 1. The zero-order valence-corrected chi connectivity index (χ0v) is 20.3. The van der Waals surface area contributed by atoms with E-state index in [-0.39, 0.29) is 29.8 Å². The molecule has 0 amide bonds. The van der Waals surface area contributed by atoms with Crippen LogP contribution in [0, 0.1) is 22.7 Å². The second-order valence-corrected chi connectivity index (χ2v) is 10.3. The van der Waals surface area contributed by atoms with Crippen molar-refractivity contribution in [2.45, 2.75) is 39.5 Å². The highest BCUT2D eigenvalue weighted by molar-refractivity contribution is 6.30. The number of halogens is 1. The van der Waals surface area contributed by atoms with Crippen LogP contribution in [0.4, 0.5) is 0 Å². The fourth-order valence-corrected chi connectivity index (χ4v) is 6.03. The molecule has 7 heteroatoms. The first-order chi connectivity index (χ1) is 16.2. The molecule has 0 bridgehead atoms. The lowest BCUT2D eigenvalue weighted by atomic mass is 9.47. The molecule has 0 unspecified atom stereocenters. The number of oxime groups is 1. The third kappa shape index (κ3) is 4.37. The number of carbonyl (C=O) groups is 2. The highest BCUT2D eigenvalue weighted by Crippen LogP contribution is 2.60. The van der Waals surface area contributed by atoms with Crippen LogP contribution in [0.2, 0.25) is 5.02 Å². The molecule has 0 saturated heterocycles.